The monoisotopic (exact) mass is 585 g/mol. The lowest BCUT2D eigenvalue weighted by Gasteiger charge is -2.42. The molecule has 4 nitrogen and oxygen atoms in total. The molecule has 3 heterocycles. The summed E-state index contributed by atoms with van der Waals surface area (Å²) in [7, 11) is 0. The van der Waals surface area contributed by atoms with Crippen molar-refractivity contribution in [2.45, 2.75) is 45.4 Å². The van der Waals surface area contributed by atoms with Crippen molar-refractivity contribution >= 4 is 28.1 Å². The molecule has 0 aliphatic carbocycles. The van der Waals surface area contributed by atoms with Gasteiger partial charge < -0.3 is 5.11 Å². The van der Waals surface area contributed by atoms with Gasteiger partial charge in [-0.3, -0.25) is 4.90 Å². The number of nitrogens with zero attached hydrogens (tertiary/aromatic N) is 3. The molecule has 1 N–H and O–H groups in total. The van der Waals surface area contributed by atoms with Gasteiger partial charge in [-0.2, -0.15) is 0 Å². The van der Waals surface area contributed by atoms with Crippen molar-refractivity contribution in [3.8, 4) is 28.8 Å². The van der Waals surface area contributed by atoms with Crippen LogP contribution >= 0.6 is 0 Å². The van der Waals surface area contributed by atoms with E-state index in [1.807, 2.05) is 60.8 Å². The lowest BCUT2D eigenvalue weighted by molar-refractivity contribution is 0.479. The number of rotatable bonds is 2. The summed E-state index contributed by atoms with van der Waals surface area (Å²) >= 11 is 0. The number of pyridine rings is 2. The van der Waals surface area contributed by atoms with Crippen molar-refractivity contribution < 1.29 is 5.11 Å². The van der Waals surface area contributed by atoms with E-state index >= 15 is 0 Å². The van der Waals surface area contributed by atoms with Crippen LogP contribution in [0.25, 0.3) is 22.2 Å². The van der Waals surface area contributed by atoms with E-state index < -0.39 is 0 Å². The van der Waals surface area contributed by atoms with Crippen molar-refractivity contribution in [1.82, 2.24) is 9.97 Å². The van der Waals surface area contributed by atoms with Gasteiger partial charge in [0.2, 0.25) is 0 Å². The number of phenols is 1. The molecule has 4 heteroatoms. The summed E-state index contributed by atoms with van der Waals surface area (Å²) in [5.41, 5.74) is 9.38. The van der Waals surface area contributed by atoms with Crippen LogP contribution in [0, 0.1) is 11.8 Å². The Labute approximate surface area is 265 Å². The zero-order chi connectivity index (χ0) is 31.3. The van der Waals surface area contributed by atoms with Gasteiger partial charge in [-0.05, 0) is 70.6 Å². The van der Waals surface area contributed by atoms with Crippen molar-refractivity contribution in [2.75, 3.05) is 4.90 Å². The Morgan fingerprint density at radius 1 is 0.733 bits per heavy atom. The minimum Gasteiger partial charge on any atom is -0.504 e. The largest absolute Gasteiger partial charge is 0.504 e. The minimum atomic E-state index is -0.218. The highest BCUT2D eigenvalue weighted by molar-refractivity contribution is 5.90. The Kier molecular flexibility index (Phi) is 6.71. The van der Waals surface area contributed by atoms with E-state index in [4.69, 9.17) is 9.97 Å². The van der Waals surface area contributed by atoms with Gasteiger partial charge in [-0.15, -0.1) is 0 Å². The molecule has 0 amide bonds. The minimum absolute atomic E-state index is 0.0156. The summed E-state index contributed by atoms with van der Waals surface area (Å²) in [4.78, 5) is 12.2. The molecule has 0 radical (unpaired) electrons. The van der Waals surface area contributed by atoms with Crippen LogP contribution in [0.2, 0.25) is 0 Å². The molecule has 0 unspecified atom stereocenters. The Morgan fingerprint density at radius 2 is 1.47 bits per heavy atom. The first-order valence-electron chi connectivity index (χ1n) is 15.3. The Morgan fingerprint density at radius 3 is 2.27 bits per heavy atom. The molecule has 45 heavy (non-hydrogen) atoms. The fraction of sp³-hybridized carbons (Fsp3) is 0.171. The normalized spacial score (nSPS) is 13.5. The Hall–Kier alpha value is -5.40. The highest BCUT2D eigenvalue weighted by Gasteiger charge is 2.37. The fourth-order valence-corrected chi connectivity index (χ4v) is 6.23. The molecule has 7 rings (SSSR count). The number of fused-ring (bicyclic) bond motifs is 3. The highest BCUT2D eigenvalue weighted by atomic mass is 16.3. The highest BCUT2D eigenvalue weighted by Crippen LogP contribution is 2.52. The molecule has 220 valence electrons. The maximum absolute atomic E-state index is 11.3. The van der Waals surface area contributed by atoms with E-state index in [0.717, 1.165) is 39.4 Å². The molecule has 0 bridgehead atoms. The van der Waals surface area contributed by atoms with Gasteiger partial charge in [0.25, 0.3) is 0 Å². The zero-order valence-electron chi connectivity index (χ0n) is 26.3. The van der Waals surface area contributed by atoms with Crippen LogP contribution in [0.15, 0.2) is 115 Å². The number of hydrogen-bond acceptors (Lipinski definition) is 4. The summed E-state index contributed by atoms with van der Waals surface area (Å²) < 4.78 is 0. The summed E-state index contributed by atoms with van der Waals surface area (Å²) in [6.45, 7) is 11.2. The number of hydrogen-bond donors (Lipinski definition) is 1. The van der Waals surface area contributed by atoms with Gasteiger partial charge in [0, 0.05) is 28.1 Å². The van der Waals surface area contributed by atoms with Crippen LogP contribution in [0.1, 0.15) is 62.4 Å². The van der Waals surface area contributed by atoms with Crippen LogP contribution in [-0.4, -0.2) is 15.1 Å². The number of phenolic OH excluding ortho intramolecular Hbond substituents is 1. The molecule has 6 aromatic rings. The number of aromatic nitrogens is 2. The third-order valence-electron chi connectivity index (χ3n) is 8.82. The second-order valence-corrected chi connectivity index (χ2v) is 13.2. The van der Waals surface area contributed by atoms with Gasteiger partial charge in [0.15, 0.2) is 5.75 Å². The first-order valence-corrected chi connectivity index (χ1v) is 15.3. The van der Waals surface area contributed by atoms with Gasteiger partial charge in [0.1, 0.15) is 11.3 Å². The number of anilines is 3. The van der Waals surface area contributed by atoms with E-state index in [9.17, 15) is 5.11 Å². The second kappa shape index (κ2) is 10.6. The van der Waals surface area contributed by atoms with Crippen molar-refractivity contribution in [3.63, 3.8) is 0 Å². The van der Waals surface area contributed by atoms with Gasteiger partial charge in [-0.25, -0.2) is 9.97 Å². The second-order valence-electron chi connectivity index (χ2n) is 13.2. The average molecular weight is 586 g/mol. The van der Waals surface area contributed by atoms with Crippen LogP contribution in [0.3, 0.4) is 0 Å². The molecule has 0 fully saturated rings. The molecule has 4 aromatic carbocycles. The SMILES string of the molecule is CC(C)(C)c1ccnc(N2c3ccccc3C(C)(C)c3ccc(-c4ccc5ccc(C#Cc6ccccc6)c(O)c5n4)cc32)c1. The van der Waals surface area contributed by atoms with Crippen molar-refractivity contribution in [2.24, 2.45) is 0 Å². The lowest BCUT2D eigenvalue weighted by Crippen LogP contribution is -2.31. The third-order valence-corrected chi connectivity index (χ3v) is 8.82. The van der Waals surface area contributed by atoms with E-state index in [1.165, 1.54) is 16.7 Å². The fourth-order valence-electron chi connectivity index (χ4n) is 6.23. The average Bonchev–Trinajstić information content (AvgIpc) is 3.04. The Bertz CT molecular complexity index is 2150. The van der Waals surface area contributed by atoms with Crippen LogP contribution < -0.4 is 4.90 Å². The summed E-state index contributed by atoms with van der Waals surface area (Å²) in [6, 6.07) is 37.1. The summed E-state index contributed by atoms with van der Waals surface area (Å²) in [5, 5.41) is 12.1. The smallest absolute Gasteiger partial charge is 0.157 e. The van der Waals surface area contributed by atoms with Crippen LogP contribution in [0.5, 0.6) is 5.75 Å². The maximum atomic E-state index is 11.3. The third kappa shape index (κ3) is 5.01. The standard InChI is InChI=1S/C41H35N3O/c1-40(2,3)31-23-24-42-37(26-31)44-35-14-10-9-13-32(35)41(4,5)33-21-19-30(25-36(33)44)34-22-20-28-17-18-29(39(45)38(28)43-34)16-15-27-11-7-6-8-12-27/h6-14,17-26,45H,1-5H3. The van der Waals surface area contributed by atoms with Gasteiger partial charge >= 0.3 is 0 Å². The zero-order valence-corrected chi connectivity index (χ0v) is 26.3. The molecule has 1 aliphatic rings. The molecule has 2 aromatic heterocycles. The molecular weight excluding hydrogens is 550 g/mol. The molecule has 1 aliphatic heterocycles. The predicted molar refractivity (Wildman–Crippen MR) is 185 cm³/mol. The molecule has 0 spiro atoms. The first-order chi connectivity index (χ1) is 21.6. The number of aromatic hydroxyl groups is 1. The molecule has 0 saturated carbocycles. The number of benzene rings is 4. The van der Waals surface area contributed by atoms with Crippen LogP contribution in [-0.2, 0) is 10.8 Å². The van der Waals surface area contributed by atoms with Crippen molar-refractivity contribution in [3.05, 3.63) is 143 Å². The topological polar surface area (TPSA) is 49.2 Å². The van der Waals surface area contributed by atoms with E-state index in [-0.39, 0.29) is 16.6 Å². The maximum Gasteiger partial charge on any atom is 0.157 e. The first kappa shape index (κ1) is 28.4. The van der Waals surface area contributed by atoms with E-state index in [1.54, 1.807) is 0 Å². The molecule has 0 saturated heterocycles. The Balaban J connectivity index is 1.37. The molecular formula is C41H35N3O. The van der Waals surface area contributed by atoms with E-state index in [0.29, 0.717) is 11.1 Å². The quantitative estimate of drug-likeness (QED) is 0.206. The van der Waals surface area contributed by atoms with E-state index in [2.05, 4.69) is 106 Å². The van der Waals surface area contributed by atoms with Crippen molar-refractivity contribution in [1.29, 1.82) is 0 Å². The number of para-hydroxylation sites is 1. The molecule has 0 atom stereocenters. The predicted octanol–water partition coefficient (Wildman–Crippen LogP) is 9.81. The van der Waals surface area contributed by atoms with Gasteiger partial charge in [-0.1, -0.05) is 107 Å². The summed E-state index contributed by atoms with van der Waals surface area (Å²) in [6.07, 6.45) is 1.91. The lowest BCUT2D eigenvalue weighted by atomic mass is 9.73. The van der Waals surface area contributed by atoms with Crippen LogP contribution in [0.4, 0.5) is 17.2 Å². The summed E-state index contributed by atoms with van der Waals surface area (Å²) in [5.74, 6) is 7.25. The van der Waals surface area contributed by atoms with Gasteiger partial charge in [0.05, 0.1) is 22.6 Å².